The molecule has 0 unspecified atom stereocenters. The van der Waals surface area contributed by atoms with Crippen LogP contribution in [-0.2, 0) is 26.7 Å². The highest BCUT2D eigenvalue weighted by atomic mass is 15.3. The lowest BCUT2D eigenvalue weighted by atomic mass is 10.1. The molecule has 0 bridgehead atoms. The van der Waals surface area contributed by atoms with Crippen molar-refractivity contribution in [2.45, 2.75) is 40.4 Å². The van der Waals surface area contributed by atoms with E-state index in [1.165, 1.54) is 11.1 Å². The maximum absolute atomic E-state index is 4.72. The zero-order valence-electron chi connectivity index (χ0n) is 16.5. The van der Waals surface area contributed by atoms with Crippen molar-refractivity contribution in [2.24, 2.45) is 12.0 Å². The van der Waals surface area contributed by atoms with Gasteiger partial charge < -0.3 is 10.6 Å². The number of rotatable bonds is 9. The predicted octanol–water partition coefficient (Wildman–Crippen LogP) is 2.52. The van der Waals surface area contributed by atoms with Gasteiger partial charge in [-0.2, -0.15) is 5.10 Å². The highest BCUT2D eigenvalue weighted by Gasteiger charge is 2.04. The molecule has 0 amide bonds. The Labute approximate surface area is 157 Å². The van der Waals surface area contributed by atoms with Crippen molar-refractivity contribution >= 4 is 5.96 Å². The molecule has 6 heteroatoms. The summed E-state index contributed by atoms with van der Waals surface area (Å²) in [5.41, 5.74) is 3.69. The zero-order valence-corrected chi connectivity index (χ0v) is 16.5. The highest BCUT2D eigenvalue weighted by Crippen LogP contribution is 2.09. The fourth-order valence-corrected chi connectivity index (χ4v) is 2.79. The number of nitrogens with one attached hydrogen (secondary N) is 2. The Morgan fingerprint density at radius 3 is 2.54 bits per heavy atom. The van der Waals surface area contributed by atoms with Gasteiger partial charge in [-0.3, -0.25) is 9.58 Å². The number of hydrogen-bond donors (Lipinski definition) is 2. The Bertz CT molecular complexity index is 687. The third-order valence-electron chi connectivity index (χ3n) is 4.42. The van der Waals surface area contributed by atoms with E-state index in [0.717, 1.165) is 37.8 Å². The first-order valence-corrected chi connectivity index (χ1v) is 9.45. The van der Waals surface area contributed by atoms with Gasteiger partial charge in [-0.25, -0.2) is 4.99 Å². The highest BCUT2D eigenvalue weighted by molar-refractivity contribution is 5.79. The molecule has 0 aliphatic rings. The lowest BCUT2D eigenvalue weighted by Crippen LogP contribution is -2.37. The molecule has 142 valence electrons. The number of benzene rings is 1. The summed E-state index contributed by atoms with van der Waals surface area (Å²) in [5, 5.41) is 10.9. The molecule has 26 heavy (non-hydrogen) atoms. The monoisotopic (exact) mass is 356 g/mol. The van der Waals surface area contributed by atoms with Crippen molar-refractivity contribution in [1.29, 1.82) is 0 Å². The topological polar surface area (TPSA) is 57.5 Å². The molecule has 0 spiro atoms. The molecule has 2 rings (SSSR count). The minimum Gasteiger partial charge on any atom is -0.357 e. The third-order valence-corrected chi connectivity index (χ3v) is 4.42. The van der Waals surface area contributed by atoms with Crippen LogP contribution in [0.25, 0.3) is 0 Å². The molecule has 1 aromatic carbocycles. The molecule has 0 radical (unpaired) electrons. The molecule has 0 saturated carbocycles. The predicted molar refractivity (Wildman–Crippen MR) is 108 cm³/mol. The van der Waals surface area contributed by atoms with Gasteiger partial charge in [0.15, 0.2) is 5.96 Å². The smallest absolute Gasteiger partial charge is 0.191 e. The summed E-state index contributed by atoms with van der Waals surface area (Å²) in [4.78, 5) is 7.14. The average Bonchev–Trinajstić information content (AvgIpc) is 3.07. The lowest BCUT2D eigenvalue weighted by molar-refractivity contribution is 0.296. The first-order valence-electron chi connectivity index (χ1n) is 9.45. The van der Waals surface area contributed by atoms with Gasteiger partial charge in [-0.05, 0) is 37.2 Å². The largest absolute Gasteiger partial charge is 0.357 e. The Kier molecular flexibility index (Phi) is 8.15. The fourth-order valence-electron chi connectivity index (χ4n) is 2.79. The van der Waals surface area contributed by atoms with Crippen molar-refractivity contribution in [3.8, 4) is 0 Å². The Morgan fingerprint density at radius 2 is 1.88 bits per heavy atom. The SMILES string of the molecule is CCNC(=NCc1cccc(CN(CC)CC)c1)NCc1ccnn1C. The molecule has 0 aliphatic heterocycles. The maximum Gasteiger partial charge on any atom is 0.191 e. The van der Waals surface area contributed by atoms with E-state index in [9.17, 15) is 0 Å². The summed E-state index contributed by atoms with van der Waals surface area (Å²) < 4.78 is 1.87. The van der Waals surface area contributed by atoms with E-state index in [-0.39, 0.29) is 0 Å². The van der Waals surface area contributed by atoms with E-state index in [1.807, 2.05) is 24.0 Å². The van der Waals surface area contributed by atoms with Crippen LogP contribution in [0.15, 0.2) is 41.5 Å². The first-order chi connectivity index (χ1) is 12.7. The van der Waals surface area contributed by atoms with Gasteiger partial charge in [0.05, 0.1) is 18.8 Å². The molecular formula is C20H32N6. The van der Waals surface area contributed by atoms with Crippen LogP contribution in [0, 0.1) is 0 Å². The second kappa shape index (κ2) is 10.6. The summed E-state index contributed by atoms with van der Waals surface area (Å²) >= 11 is 0. The normalized spacial score (nSPS) is 11.8. The second-order valence-corrected chi connectivity index (χ2v) is 6.28. The maximum atomic E-state index is 4.72. The summed E-state index contributed by atoms with van der Waals surface area (Å²) in [6, 6.07) is 10.7. The van der Waals surface area contributed by atoms with Crippen LogP contribution in [0.2, 0.25) is 0 Å². The zero-order chi connectivity index (χ0) is 18.8. The minimum atomic E-state index is 0.660. The Balaban J connectivity index is 1.98. The Hall–Kier alpha value is -2.34. The fraction of sp³-hybridized carbons (Fsp3) is 0.500. The summed E-state index contributed by atoms with van der Waals surface area (Å²) in [6.07, 6.45) is 1.81. The molecule has 0 aliphatic carbocycles. The number of aryl methyl sites for hydroxylation is 1. The number of guanidine groups is 1. The van der Waals surface area contributed by atoms with Gasteiger partial charge in [-0.1, -0.05) is 38.1 Å². The van der Waals surface area contributed by atoms with Crippen molar-refractivity contribution in [3.05, 3.63) is 53.3 Å². The number of hydrogen-bond acceptors (Lipinski definition) is 3. The molecule has 1 heterocycles. The van der Waals surface area contributed by atoms with E-state index in [1.54, 1.807) is 0 Å². The van der Waals surface area contributed by atoms with Gasteiger partial charge in [0.2, 0.25) is 0 Å². The molecule has 2 aromatic rings. The van der Waals surface area contributed by atoms with Crippen molar-refractivity contribution in [3.63, 3.8) is 0 Å². The standard InChI is InChI=1S/C20H32N6/c1-5-21-20(23-15-19-11-12-24-25(19)4)22-14-17-9-8-10-18(13-17)16-26(6-2)7-3/h8-13H,5-7,14-16H2,1-4H3,(H2,21,22,23). The molecule has 0 saturated heterocycles. The average molecular weight is 357 g/mol. The van der Waals surface area contributed by atoms with E-state index in [4.69, 9.17) is 4.99 Å². The van der Waals surface area contributed by atoms with Gasteiger partial charge >= 0.3 is 0 Å². The van der Waals surface area contributed by atoms with Crippen LogP contribution in [0.5, 0.6) is 0 Å². The van der Waals surface area contributed by atoms with Crippen LogP contribution in [0.3, 0.4) is 0 Å². The van der Waals surface area contributed by atoms with Crippen molar-refractivity contribution < 1.29 is 0 Å². The molecule has 0 atom stereocenters. The van der Waals surface area contributed by atoms with Gasteiger partial charge in [0, 0.05) is 26.3 Å². The third kappa shape index (κ3) is 6.19. The van der Waals surface area contributed by atoms with Crippen LogP contribution < -0.4 is 10.6 Å². The number of nitrogens with zero attached hydrogens (tertiary/aromatic N) is 4. The number of aliphatic imine (C=N–C) groups is 1. The quantitative estimate of drug-likeness (QED) is 0.535. The van der Waals surface area contributed by atoms with E-state index in [0.29, 0.717) is 13.1 Å². The molecule has 6 nitrogen and oxygen atoms in total. The van der Waals surface area contributed by atoms with Gasteiger partial charge in [-0.15, -0.1) is 0 Å². The molecular weight excluding hydrogens is 324 g/mol. The number of aromatic nitrogens is 2. The summed E-state index contributed by atoms with van der Waals surface area (Å²) in [7, 11) is 1.95. The van der Waals surface area contributed by atoms with Crippen molar-refractivity contribution in [1.82, 2.24) is 25.3 Å². The molecule has 2 N–H and O–H groups in total. The molecule has 0 fully saturated rings. The lowest BCUT2D eigenvalue weighted by Gasteiger charge is -2.18. The van der Waals surface area contributed by atoms with Crippen LogP contribution in [0.1, 0.15) is 37.6 Å². The Morgan fingerprint density at radius 1 is 1.12 bits per heavy atom. The van der Waals surface area contributed by atoms with Crippen molar-refractivity contribution in [2.75, 3.05) is 19.6 Å². The van der Waals surface area contributed by atoms with Gasteiger partial charge in [0.1, 0.15) is 0 Å². The van der Waals surface area contributed by atoms with E-state index < -0.39 is 0 Å². The first kappa shape index (κ1) is 20.0. The molecule has 1 aromatic heterocycles. The summed E-state index contributed by atoms with van der Waals surface area (Å²) in [6.45, 7) is 11.8. The summed E-state index contributed by atoms with van der Waals surface area (Å²) in [5.74, 6) is 0.822. The van der Waals surface area contributed by atoms with Crippen LogP contribution in [0.4, 0.5) is 0 Å². The minimum absolute atomic E-state index is 0.660. The second-order valence-electron chi connectivity index (χ2n) is 6.28. The van der Waals surface area contributed by atoms with Gasteiger partial charge in [0.25, 0.3) is 0 Å². The van der Waals surface area contributed by atoms with E-state index in [2.05, 4.69) is 65.7 Å². The van der Waals surface area contributed by atoms with Crippen LogP contribution >= 0.6 is 0 Å². The van der Waals surface area contributed by atoms with Crippen LogP contribution in [-0.4, -0.2) is 40.3 Å². The van der Waals surface area contributed by atoms with E-state index >= 15 is 0 Å².